The standard InChI is InChI=1S/C32H64O6Si/c1-9-11-17-33-29(23-27(7)31-13-19-35-31)15-21-39(37-25(3)4,38-26(5)6)22-16-30(34-18-12-10-2)24-28(8)32-14-20-36-32/h25-32H,9-24H2,1-8H3. The van der Waals surface area contributed by atoms with Gasteiger partial charge in [-0.1, -0.05) is 40.5 Å². The van der Waals surface area contributed by atoms with Crippen LogP contribution in [0, 0.1) is 11.8 Å². The summed E-state index contributed by atoms with van der Waals surface area (Å²) in [6.07, 6.45) is 12.5. The molecule has 0 aromatic heterocycles. The second kappa shape index (κ2) is 19.2. The topological polar surface area (TPSA) is 55.4 Å². The predicted molar refractivity (Wildman–Crippen MR) is 163 cm³/mol. The maximum Gasteiger partial charge on any atom is 0.338 e. The summed E-state index contributed by atoms with van der Waals surface area (Å²) in [6, 6.07) is 1.92. The first-order valence-corrected chi connectivity index (χ1v) is 18.7. The van der Waals surface area contributed by atoms with Crippen LogP contribution in [0.15, 0.2) is 0 Å². The second-order valence-corrected chi connectivity index (χ2v) is 16.1. The highest BCUT2D eigenvalue weighted by molar-refractivity contribution is 6.67. The summed E-state index contributed by atoms with van der Waals surface area (Å²) in [5, 5.41) is 0. The highest BCUT2D eigenvalue weighted by atomic mass is 28.4. The summed E-state index contributed by atoms with van der Waals surface area (Å²) in [5.41, 5.74) is 0. The zero-order valence-electron chi connectivity index (χ0n) is 26.9. The molecule has 2 rings (SSSR count). The van der Waals surface area contributed by atoms with Crippen LogP contribution >= 0.6 is 0 Å². The van der Waals surface area contributed by atoms with Crippen LogP contribution in [0.3, 0.4) is 0 Å². The number of hydrogen-bond acceptors (Lipinski definition) is 6. The molecule has 0 N–H and O–H groups in total. The molecule has 0 aromatic carbocycles. The Hall–Kier alpha value is -0.0231. The van der Waals surface area contributed by atoms with Gasteiger partial charge < -0.3 is 27.8 Å². The van der Waals surface area contributed by atoms with E-state index in [0.29, 0.717) is 24.0 Å². The molecule has 0 spiro atoms. The molecule has 2 aliphatic heterocycles. The fourth-order valence-electron chi connectivity index (χ4n) is 5.87. The molecule has 0 bridgehead atoms. The third kappa shape index (κ3) is 13.7. The molecule has 0 saturated carbocycles. The molecule has 6 nitrogen and oxygen atoms in total. The summed E-state index contributed by atoms with van der Waals surface area (Å²) >= 11 is 0. The monoisotopic (exact) mass is 572 g/mol. The number of ether oxygens (including phenoxy) is 4. The molecule has 0 aromatic rings. The summed E-state index contributed by atoms with van der Waals surface area (Å²) in [4.78, 5) is 0. The number of unbranched alkanes of at least 4 members (excludes halogenated alkanes) is 2. The Labute approximate surface area is 242 Å². The summed E-state index contributed by atoms with van der Waals surface area (Å²) in [6.45, 7) is 21.2. The van der Waals surface area contributed by atoms with Crippen LogP contribution in [0.4, 0.5) is 0 Å². The Bertz CT molecular complexity index is 557. The zero-order valence-corrected chi connectivity index (χ0v) is 27.9. The molecule has 0 radical (unpaired) electrons. The lowest BCUT2D eigenvalue weighted by molar-refractivity contribution is -0.0938. The van der Waals surface area contributed by atoms with Crippen LogP contribution in [-0.4, -0.2) is 71.6 Å². The van der Waals surface area contributed by atoms with Gasteiger partial charge in [-0.2, -0.15) is 0 Å². The smallest absolute Gasteiger partial charge is 0.338 e. The Morgan fingerprint density at radius 1 is 0.667 bits per heavy atom. The van der Waals surface area contributed by atoms with Gasteiger partial charge in [0.25, 0.3) is 0 Å². The van der Waals surface area contributed by atoms with Crippen molar-refractivity contribution >= 4 is 8.56 Å². The first-order chi connectivity index (χ1) is 18.7. The maximum atomic E-state index is 6.83. The number of rotatable bonds is 24. The van der Waals surface area contributed by atoms with Crippen LogP contribution in [0.1, 0.15) is 120 Å². The van der Waals surface area contributed by atoms with Crippen molar-refractivity contribution in [2.24, 2.45) is 11.8 Å². The van der Waals surface area contributed by atoms with Crippen LogP contribution in [0.25, 0.3) is 0 Å². The molecule has 39 heavy (non-hydrogen) atoms. The molecule has 232 valence electrons. The van der Waals surface area contributed by atoms with E-state index in [1.165, 1.54) is 12.8 Å². The maximum absolute atomic E-state index is 6.83. The van der Waals surface area contributed by atoms with Crippen LogP contribution in [0.2, 0.25) is 12.1 Å². The van der Waals surface area contributed by atoms with Gasteiger partial charge in [-0.3, -0.25) is 0 Å². The molecule has 7 heteroatoms. The minimum Gasteiger partial charge on any atom is -0.392 e. The minimum absolute atomic E-state index is 0.138. The molecule has 0 aliphatic carbocycles. The molecule has 2 fully saturated rings. The lowest BCUT2D eigenvalue weighted by Gasteiger charge is -2.38. The van der Waals surface area contributed by atoms with Gasteiger partial charge in [0.1, 0.15) is 0 Å². The van der Waals surface area contributed by atoms with E-state index in [2.05, 4.69) is 55.4 Å². The van der Waals surface area contributed by atoms with Crippen LogP contribution in [0.5, 0.6) is 0 Å². The molecule has 6 unspecified atom stereocenters. The number of hydrogen-bond donors (Lipinski definition) is 0. The largest absolute Gasteiger partial charge is 0.392 e. The molecule has 6 atom stereocenters. The third-order valence-corrected chi connectivity index (χ3v) is 12.2. The van der Waals surface area contributed by atoms with Crippen molar-refractivity contribution in [1.82, 2.24) is 0 Å². The Morgan fingerprint density at radius 2 is 1.05 bits per heavy atom. The van der Waals surface area contributed by atoms with E-state index in [-0.39, 0.29) is 24.4 Å². The SMILES string of the molecule is CCCCOC(CC[Si](CCC(CC(C)C1CCO1)OCCCC)(OC(C)C)OC(C)C)CC(C)C1CCO1. The van der Waals surface area contributed by atoms with Crippen molar-refractivity contribution in [3.63, 3.8) is 0 Å². The fraction of sp³-hybridized carbons (Fsp3) is 1.00. The fourth-order valence-corrected chi connectivity index (χ4v) is 9.89. The van der Waals surface area contributed by atoms with Gasteiger partial charge in [0, 0.05) is 38.6 Å². The van der Waals surface area contributed by atoms with E-state index >= 15 is 0 Å². The van der Waals surface area contributed by atoms with Crippen molar-refractivity contribution in [1.29, 1.82) is 0 Å². The van der Waals surface area contributed by atoms with E-state index < -0.39 is 8.56 Å². The van der Waals surface area contributed by atoms with Crippen LogP contribution < -0.4 is 0 Å². The first-order valence-electron chi connectivity index (χ1n) is 16.5. The normalized spacial score (nSPS) is 22.9. The molecule has 2 aliphatic rings. The van der Waals surface area contributed by atoms with E-state index in [9.17, 15) is 0 Å². The van der Waals surface area contributed by atoms with Gasteiger partial charge in [0.15, 0.2) is 0 Å². The minimum atomic E-state index is -2.51. The van der Waals surface area contributed by atoms with Gasteiger partial charge in [-0.05, 0) is 103 Å². The lowest BCUT2D eigenvalue weighted by atomic mass is 9.92. The highest BCUT2D eigenvalue weighted by Crippen LogP contribution is 2.33. The summed E-state index contributed by atoms with van der Waals surface area (Å²) < 4.78 is 38.3. The zero-order chi connectivity index (χ0) is 28.7. The quantitative estimate of drug-likeness (QED) is 0.0861. The van der Waals surface area contributed by atoms with Crippen molar-refractivity contribution in [3.8, 4) is 0 Å². The van der Waals surface area contributed by atoms with Crippen molar-refractivity contribution in [2.45, 2.75) is 168 Å². The third-order valence-electron chi connectivity index (χ3n) is 8.31. The molecular formula is C32H64O6Si. The van der Waals surface area contributed by atoms with Gasteiger partial charge >= 0.3 is 8.56 Å². The van der Waals surface area contributed by atoms with E-state index in [4.69, 9.17) is 27.8 Å². The average molecular weight is 573 g/mol. The first kappa shape index (κ1) is 35.2. The van der Waals surface area contributed by atoms with Gasteiger partial charge in [0.05, 0.1) is 24.4 Å². The molecule has 2 heterocycles. The summed E-state index contributed by atoms with van der Waals surface area (Å²) in [7, 11) is -2.51. The van der Waals surface area contributed by atoms with Crippen LogP contribution in [-0.2, 0) is 27.8 Å². The predicted octanol–water partition coefficient (Wildman–Crippen LogP) is 8.06. The van der Waals surface area contributed by atoms with Crippen molar-refractivity contribution < 1.29 is 27.8 Å². The van der Waals surface area contributed by atoms with Gasteiger partial charge in [-0.25, -0.2) is 0 Å². The van der Waals surface area contributed by atoms with Gasteiger partial charge in [-0.15, -0.1) is 0 Å². The molecule has 0 amide bonds. The highest BCUT2D eigenvalue weighted by Gasteiger charge is 2.41. The van der Waals surface area contributed by atoms with E-state index in [0.717, 1.165) is 89.9 Å². The second-order valence-electron chi connectivity index (χ2n) is 12.8. The van der Waals surface area contributed by atoms with Crippen molar-refractivity contribution in [3.05, 3.63) is 0 Å². The van der Waals surface area contributed by atoms with Gasteiger partial charge in [0.2, 0.25) is 0 Å². The Kier molecular flexibility index (Phi) is 17.3. The Balaban J connectivity index is 2.11. The van der Waals surface area contributed by atoms with E-state index in [1.807, 2.05) is 0 Å². The lowest BCUT2D eigenvalue weighted by Crippen LogP contribution is -2.47. The average Bonchev–Trinajstić information content (AvgIpc) is 2.78. The van der Waals surface area contributed by atoms with E-state index in [1.54, 1.807) is 0 Å². The molecular weight excluding hydrogens is 508 g/mol. The van der Waals surface area contributed by atoms with Crippen molar-refractivity contribution in [2.75, 3.05) is 26.4 Å². The Morgan fingerprint density at radius 3 is 1.33 bits per heavy atom. The summed E-state index contributed by atoms with van der Waals surface area (Å²) in [5.74, 6) is 1.04. The molecule has 2 saturated heterocycles.